The Morgan fingerprint density at radius 1 is 1.20 bits per heavy atom. The lowest BCUT2D eigenvalue weighted by atomic mass is 9.81. The van der Waals surface area contributed by atoms with E-state index in [0.717, 1.165) is 12.8 Å². The van der Waals surface area contributed by atoms with Gasteiger partial charge >= 0.3 is 0 Å². The number of benzene rings is 1. The highest BCUT2D eigenvalue weighted by Gasteiger charge is 2.31. The third-order valence-corrected chi connectivity index (χ3v) is 4.29. The van der Waals surface area contributed by atoms with E-state index >= 15 is 0 Å². The van der Waals surface area contributed by atoms with Gasteiger partial charge in [0, 0.05) is 12.7 Å². The summed E-state index contributed by atoms with van der Waals surface area (Å²) >= 11 is 0. The minimum atomic E-state index is -0.367. The lowest BCUT2D eigenvalue weighted by Crippen LogP contribution is -2.36. The fourth-order valence-electron chi connectivity index (χ4n) is 3.24. The molecule has 0 amide bonds. The van der Waals surface area contributed by atoms with Gasteiger partial charge in [0.1, 0.15) is 11.6 Å². The number of halogens is 1. The molecular weight excluding hydrogens is 257 g/mol. The number of nitrogens with two attached hydrogens (primary N) is 1. The molecule has 2 atom stereocenters. The van der Waals surface area contributed by atoms with Gasteiger partial charge in [-0.1, -0.05) is 19.3 Å². The van der Waals surface area contributed by atoms with Crippen molar-refractivity contribution in [3.05, 3.63) is 29.6 Å². The van der Waals surface area contributed by atoms with Crippen molar-refractivity contribution in [1.29, 1.82) is 0 Å². The minimum Gasteiger partial charge on any atom is -0.496 e. The van der Waals surface area contributed by atoms with Crippen molar-refractivity contribution >= 4 is 0 Å². The van der Waals surface area contributed by atoms with Crippen LogP contribution in [0.15, 0.2) is 18.2 Å². The van der Waals surface area contributed by atoms with Crippen molar-refractivity contribution in [3.63, 3.8) is 0 Å². The monoisotopic (exact) mass is 281 g/mol. The highest BCUT2D eigenvalue weighted by molar-refractivity contribution is 5.37. The van der Waals surface area contributed by atoms with Crippen molar-refractivity contribution in [2.45, 2.75) is 44.2 Å². The lowest BCUT2D eigenvalue weighted by Gasteiger charge is -2.33. The number of hydrogen-bond acceptors (Lipinski definition) is 3. The van der Waals surface area contributed by atoms with Crippen LogP contribution in [0.1, 0.15) is 43.7 Å². The van der Waals surface area contributed by atoms with Crippen LogP contribution in [-0.4, -0.2) is 20.3 Å². The molecule has 20 heavy (non-hydrogen) atoms. The third-order valence-electron chi connectivity index (χ3n) is 4.29. The molecule has 2 unspecified atom stereocenters. The number of hydrogen-bond donors (Lipinski definition) is 1. The van der Waals surface area contributed by atoms with Gasteiger partial charge in [0.25, 0.3) is 0 Å². The molecule has 4 heteroatoms. The summed E-state index contributed by atoms with van der Waals surface area (Å²) in [4.78, 5) is 0. The molecule has 112 valence electrons. The van der Waals surface area contributed by atoms with Crippen LogP contribution in [0.4, 0.5) is 4.39 Å². The highest BCUT2D eigenvalue weighted by atomic mass is 19.1. The second-order valence-electron chi connectivity index (χ2n) is 5.51. The van der Waals surface area contributed by atoms with Gasteiger partial charge in [0.15, 0.2) is 0 Å². The Bertz CT molecular complexity index is 432. The zero-order chi connectivity index (χ0) is 14.5. The van der Waals surface area contributed by atoms with Crippen LogP contribution in [0.5, 0.6) is 5.75 Å². The summed E-state index contributed by atoms with van der Waals surface area (Å²) in [5.74, 6) is 0.767. The maximum absolute atomic E-state index is 13.5. The van der Waals surface area contributed by atoms with E-state index in [2.05, 4.69) is 0 Å². The van der Waals surface area contributed by atoms with Gasteiger partial charge in [-0.05, 0) is 37.0 Å². The normalized spacial score (nSPS) is 19.6. The zero-order valence-electron chi connectivity index (χ0n) is 12.3. The van der Waals surface area contributed by atoms with E-state index in [-0.39, 0.29) is 18.0 Å². The molecule has 1 fully saturated rings. The van der Waals surface area contributed by atoms with Crippen LogP contribution >= 0.6 is 0 Å². The molecule has 1 aromatic carbocycles. The summed E-state index contributed by atoms with van der Waals surface area (Å²) in [7, 11) is 3.26. The van der Waals surface area contributed by atoms with Crippen LogP contribution in [0.25, 0.3) is 0 Å². The highest BCUT2D eigenvalue weighted by Crippen LogP contribution is 2.35. The van der Waals surface area contributed by atoms with Gasteiger partial charge in [0.05, 0.1) is 19.3 Å². The van der Waals surface area contributed by atoms with Crippen molar-refractivity contribution in [2.75, 3.05) is 14.2 Å². The fraction of sp³-hybridized carbons (Fsp3) is 0.625. The Morgan fingerprint density at radius 2 is 1.90 bits per heavy atom. The number of rotatable bonds is 5. The van der Waals surface area contributed by atoms with Gasteiger partial charge in [-0.25, -0.2) is 4.39 Å². The summed E-state index contributed by atoms with van der Waals surface area (Å²) in [6, 6.07) is 4.10. The van der Waals surface area contributed by atoms with E-state index in [0.29, 0.717) is 17.2 Å². The minimum absolute atomic E-state index is 0.0917. The molecule has 1 aromatic rings. The van der Waals surface area contributed by atoms with Gasteiger partial charge in [0.2, 0.25) is 0 Å². The van der Waals surface area contributed by atoms with Gasteiger partial charge in [-0.2, -0.15) is 0 Å². The maximum atomic E-state index is 13.5. The topological polar surface area (TPSA) is 44.5 Å². The Labute approximate surface area is 120 Å². The van der Waals surface area contributed by atoms with E-state index in [1.165, 1.54) is 31.4 Å². The first-order valence-corrected chi connectivity index (χ1v) is 7.29. The van der Waals surface area contributed by atoms with E-state index in [4.69, 9.17) is 15.2 Å². The summed E-state index contributed by atoms with van der Waals surface area (Å²) in [6.45, 7) is 0. The molecule has 0 heterocycles. The van der Waals surface area contributed by atoms with Crippen LogP contribution in [0.2, 0.25) is 0 Å². The van der Waals surface area contributed by atoms with E-state index in [9.17, 15) is 4.39 Å². The van der Waals surface area contributed by atoms with Crippen molar-refractivity contribution in [1.82, 2.24) is 0 Å². The smallest absolute Gasteiger partial charge is 0.123 e. The molecule has 0 spiro atoms. The second-order valence-corrected chi connectivity index (χ2v) is 5.51. The molecule has 3 nitrogen and oxygen atoms in total. The average molecular weight is 281 g/mol. The molecule has 0 aliphatic heterocycles. The third kappa shape index (κ3) is 3.30. The molecule has 1 aliphatic carbocycles. The molecule has 0 radical (unpaired) electrons. The van der Waals surface area contributed by atoms with Gasteiger partial charge in [-0.15, -0.1) is 0 Å². The first-order valence-electron chi connectivity index (χ1n) is 7.29. The van der Waals surface area contributed by atoms with Crippen LogP contribution in [-0.2, 0) is 4.74 Å². The Balaban J connectivity index is 2.22. The zero-order valence-corrected chi connectivity index (χ0v) is 12.3. The quantitative estimate of drug-likeness (QED) is 0.899. The van der Waals surface area contributed by atoms with Crippen molar-refractivity contribution in [3.8, 4) is 5.75 Å². The first kappa shape index (κ1) is 15.3. The first-order chi connectivity index (χ1) is 9.67. The molecule has 1 saturated carbocycles. The standard InChI is InChI=1S/C16H24FNO2/c1-19-14-9-8-12(17)10-13(14)15(18)16(20-2)11-6-4-3-5-7-11/h8-11,15-16H,3-7,18H2,1-2H3. The van der Waals surface area contributed by atoms with Gasteiger partial charge in [-0.3, -0.25) is 0 Å². The molecule has 0 saturated heterocycles. The summed E-state index contributed by atoms with van der Waals surface area (Å²) in [5.41, 5.74) is 7.04. The van der Waals surface area contributed by atoms with Crippen molar-refractivity contribution < 1.29 is 13.9 Å². The average Bonchev–Trinajstić information content (AvgIpc) is 2.49. The van der Waals surface area contributed by atoms with E-state index in [1.54, 1.807) is 20.3 Å². The summed E-state index contributed by atoms with van der Waals surface area (Å²) in [6.07, 6.45) is 5.89. The molecule has 2 N–H and O–H groups in total. The molecule has 0 bridgehead atoms. The largest absolute Gasteiger partial charge is 0.496 e. The maximum Gasteiger partial charge on any atom is 0.123 e. The Hall–Kier alpha value is -1.13. The van der Waals surface area contributed by atoms with Crippen LogP contribution in [0.3, 0.4) is 0 Å². The molecule has 1 aliphatic rings. The molecule has 2 rings (SSSR count). The van der Waals surface area contributed by atoms with Crippen LogP contribution < -0.4 is 10.5 Å². The lowest BCUT2D eigenvalue weighted by molar-refractivity contribution is 0.0167. The number of methoxy groups -OCH3 is 2. The van der Waals surface area contributed by atoms with Crippen LogP contribution in [0, 0.1) is 11.7 Å². The summed E-state index contributed by atoms with van der Waals surface area (Å²) < 4.78 is 24.4. The molecule has 0 aromatic heterocycles. The predicted molar refractivity (Wildman–Crippen MR) is 77.3 cm³/mol. The predicted octanol–water partition coefficient (Wildman–Crippen LogP) is 3.43. The Morgan fingerprint density at radius 3 is 2.50 bits per heavy atom. The fourth-order valence-corrected chi connectivity index (χ4v) is 3.24. The van der Waals surface area contributed by atoms with Crippen molar-refractivity contribution in [2.24, 2.45) is 11.7 Å². The SMILES string of the molecule is COc1ccc(F)cc1C(N)C(OC)C1CCCCC1. The Kier molecular flexibility index (Phi) is 5.38. The van der Waals surface area contributed by atoms with E-state index < -0.39 is 0 Å². The number of ether oxygens (including phenoxy) is 2. The summed E-state index contributed by atoms with van der Waals surface area (Å²) in [5, 5.41) is 0. The second kappa shape index (κ2) is 7.04. The molecular formula is C16H24FNO2. The van der Waals surface area contributed by atoms with Gasteiger partial charge < -0.3 is 15.2 Å². The van der Waals surface area contributed by atoms with E-state index in [1.807, 2.05) is 0 Å².